The van der Waals surface area contributed by atoms with Gasteiger partial charge in [0.15, 0.2) is 17.5 Å². The molecule has 0 aliphatic heterocycles. The molecule has 0 fully saturated rings. The Labute approximate surface area is 160 Å². The third-order valence-corrected chi connectivity index (χ3v) is 4.19. The zero-order valence-electron chi connectivity index (χ0n) is 15.8. The molecule has 1 aromatic carbocycles. The van der Waals surface area contributed by atoms with Gasteiger partial charge in [0, 0.05) is 31.9 Å². The van der Waals surface area contributed by atoms with Crippen LogP contribution in [0.4, 0.5) is 0 Å². The Hall–Kier alpha value is -3.02. The van der Waals surface area contributed by atoms with Gasteiger partial charge in [0.25, 0.3) is 0 Å². The first kappa shape index (κ1) is 18.8. The molecule has 2 aromatic rings. The predicted octanol–water partition coefficient (Wildman–Crippen LogP) is 3.66. The Morgan fingerprint density at radius 1 is 1.15 bits per heavy atom. The molecule has 1 aliphatic rings. The van der Waals surface area contributed by atoms with Crippen molar-refractivity contribution in [1.29, 1.82) is 0 Å². The average molecular weight is 366 g/mol. The molecule has 142 valence electrons. The number of nitrogens with one attached hydrogen (secondary N) is 2. The highest BCUT2D eigenvalue weighted by Crippen LogP contribution is 2.30. The number of ether oxygens (including phenoxy) is 2. The second-order valence-corrected chi connectivity index (χ2v) is 6.20. The lowest BCUT2D eigenvalue weighted by molar-refractivity contribution is 0.319. The van der Waals surface area contributed by atoms with Gasteiger partial charge in [-0.2, -0.15) is 0 Å². The van der Waals surface area contributed by atoms with Crippen molar-refractivity contribution in [3.8, 4) is 17.4 Å². The van der Waals surface area contributed by atoms with Crippen LogP contribution in [0.15, 0.2) is 59.7 Å². The van der Waals surface area contributed by atoms with Gasteiger partial charge in [-0.25, -0.2) is 4.98 Å². The van der Waals surface area contributed by atoms with Crippen LogP contribution in [-0.4, -0.2) is 30.6 Å². The summed E-state index contributed by atoms with van der Waals surface area (Å²) in [4.78, 5) is 8.67. The van der Waals surface area contributed by atoms with E-state index in [0.29, 0.717) is 36.6 Å². The Kier molecular flexibility index (Phi) is 6.68. The van der Waals surface area contributed by atoms with Gasteiger partial charge < -0.3 is 20.1 Å². The smallest absolute Gasteiger partial charge is 0.219 e. The van der Waals surface area contributed by atoms with Gasteiger partial charge in [-0.15, -0.1) is 0 Å². The molecule has 0 saturated carbocycles. The van der Waals surface area contributed by atoms with Crippen LogP contribution in [0.3, 0.4) is 0 Å². The summed E-state index contributed by atoms with van der Waals surface area (Å²) in [5, 5.41) is 6.73. The van der Waals surface area contributed by atoms with E-state index in [4.69, 9.17) is 9.47 Å². The number of rotatable bonds is 7. The summed E-state index contributed by atoms with van der Waals surface area (Å²) in [5.41, 5.74) is 1.05. The van der Waals surface area contributed by atoms with Crippen molar-refractivity contribution in [1.82, 2.24) is 15.6 Å². The molecule has 2 N–H and O–H groups in total. The Morgan fingerprint density at radius 3 is 2.59 bits per heavy atom. The lowest BCUT2D eigenvalue weighted by atomic mass is 10.2. The monoisotopic (exact) mass is 366 g/mol. The van der Waals surface area contributed by atoms with E-state index < -0.39 is 0 Å². The zero-order chi connectivity index (χ0) is 18.9. The van der Waals surface area contributed by atoms with E-state index in [2.05, 4.69) is 32.8 Å². The lowest BCUT2D eigenvalue weighted by Crippen LogP contribution is -2.42. The minimum absolute atomic E-state index is 0.426. The lowest BCUT2D eigenvalue weighted by Gasteiger charge is -2.17. The van der Waals surface area contributed by atoms with Gasteiger partial charge in [0.2, 0.25) is 5.88 Å². The van der Waals surface area contributed by atoms with E-state index >= 15 is 0 Å². The number of aromatic nitrogens is 1. The summed E-state index contributed by atoms with van der Waals surface area (Å²) in [6.07, 6.45) is 8.26. The van der Waals surface area contributed by atoms with Crippen molar-refractivity contribution < 1.29 is 9.47 Å². The molecule has 0 spiro atoms. The van der Waals surface area contributed by atoms with Crippen molar-refractivity contribution in [3.63, 3.8) is 0 Å². The first-order chi connectivity index (χ1) is 13.3. The molecule has 3 rings (SSSR count). The molecular formula is C21H26N4O2. The number of hydrogen-bond donors (Lipinski definition) is 2. The van der Waals surface area contributed by atoms with Gasteiger partial charge >= 0.3 is 0 Å². The molecule has 0 bridgehead atoms. The highest BCUT2D eigenvalue weighted by atomic mass is 16.5. The fourth-order valence-electron chi connectivity index (χ4n) is 2.81. The van der Waals surface area contributed by atoms with E-state index in [1.165, 1.54) is 0 Å². The molecule has 27 heavy (non-hydrogen) atoms. The molecule has 1 aliphatic carbocycles. The van der Waals surface area contributed by atoms with Crippen molar-refractivity contribution in [2.75, 3.05) is 13.7 Å². The van der Waals surface area contributed by atoms with Crippen LogP contribution in [0.2, 0.25) is 0 Å². The number of hydrogen-bond acceptors (Lipinski definition) is 4. The molecule has 0 radical (unpaired) electrons. The molecule has 0 atom stereocenters. The van der Waals surface area contributed by atoms with Gasteiger partial charge in [0.1, 0.15) is 0 Å². The fraction of sp³-hybridized carbons (Fsp3) is 0.333. The molecule has 0 saturated heterocycles. The molecular weight excluding hydrogens is 340 g/mol. The summed E-state index contributed by atoms with van der Waals surface area (Å²) in [7, 11) is 1.78. The molecule has 1 heterocycles. The highest BCUT2D eigenvalue weighted by Gasteiger charge is 2.11. The topological polar surface area (TPSA) is 67.8 Å². The predicted molar refractivity (Wildman–Crippen MR) is 107 cm³/mol. The van der Waals surface area contributed by atoms with Crippen molar-refractivity contribution in [2.45, 2.75) is 32.4 Å². The van der Waals surface area contributed by atoms with Crippen LogP contribution in [0.5, 0.6) is 17.4 Å². The van der Waals surface area contributed by atoms with E-state index in [-0.39, 0.29) is 0 Å². The summed E-state index contributed by atoms with van der Waals surface area (Å²) in [6.45, 7) is 3.18. The number of nitrogens with zero attached hydrogens (tertiary/aromatic N) is 2. The standard InChI is InChI=1S/C21H26N4O2/c1-3-26-18-10-6-7-11-19(18)27-20-13-12-16(14-23-20)15-24-21(22-2)25-17-8-4-5-9-17/h4-7,10-14,17H,3,8-9,15H2,1-2H3,(H2,22,24,25). The highest BCUT2D eigenvalue weighted by molar-refractivity contribution is 5.80. The summed E-state index contributed by atoms with van der Waals surface area (Å²) < 4.78 is 11.4. The Morgan fingerprint density at radius 2 is 1.93 bits per heavy atom. The second kappa shape index (κ2) is 9.62. The molecule has 1 aromatic heterocycles. The molecule has 6 nitrogen and oxygen atoms in total. The third-order valence-electron chi connectivity index (χ3n) is 4.19. The van der Waals surface area contributed by atoms with Crippen LogP contribution in [-0.2, 0) is 6.54 Å². The number of pyridine rings is 1. The van der Waals surface area contributed by atoms with E-state index in [9.17, 15) is 0 Å². The summed E-state index contributed by atoms with van der Waals surface area (Å²) in [5.74, 6) is 2.71. The largest absolute Gasteiger partial charge is 0.490 e. The normalized spacial score (nSPS) is 14.2. The fourth-order valence-corrected chi connectivity index (χ4v) is 2.81. The van der Waals surface area contributed by atoms with Crippen LogP contribution < -0.4 is 20.1 Å². The van der Waals surface area contributed by atoms with Crippen molar-refractivity contribution in [2.24, 2.45) is 4.99 Å². The first-order valence-electron chi connectivity index (χ1n) is 9.25. The number of guanidine groups is 1. The zero-order valence-corrected chi connectivity index (χ0v) is 15.8. The second-order valence-electron chi connectivity index (χ2n) is 6.20. The Balaban J connectivity index is 1.54. The van der Waals surface area contributed by atoms with Crippen LogP contribution in [0.1, 0.15) is 25.3 Å². The summed E-state index contributed by atoms with van der Waals surface area (Å²) in [6, 6.07) is 11.9. The van der Waals surface area contributed by atoms with E-state index in [0.717, 1.165) is 24.4 Å². The molecule has 0 amide bonds. The maximum atomic E-state index is 5.85. The average Bonchev–Trinajstić information content (AvgIpc) is 3.21. The van der Waals surface area contributed by atoms with Gasteiger partial charge in [-0.3, -0.25) is 4.99 Å². The van der Waals surface area contributed by atoms with Crippen molar-refractivity contribution in [3.05, 3.63) is 60.3 Å². The quantitative estimate of drug-likeness (QED) is 0.445. The maximum Gasteiger partial charge on any atom is 0.219 e. The number of para-hydroxylation sites is 2. The molecule has 0 unspecified atom stereocenters. The minimum Gasteiger partial charge on any atom is -0.490 e. The van der Waals surface area contributed by atoms with Gasteiger partial charge in [-0.05, 0) is 37.5 Å². The van der Waals surface area contributed by atoms with Crippen LogP contribution in [0.25, 0.3) is 0 Å². The van der Waals surface area contributed by atoms with E-state index in [1.54, 1.807) is 13.2 Å². The van der Waals surface area contributed by atoms with Crippen LogP contribution in [0, 0.1) is 0 Å². The number of benzene rings is 1. The third kappa shape index (κ3) is 5.48. The molecule has 6 heteroatoms. The van der Waals surface area contributed by atoms with Gasteiger partial charge in [0.05, 0.1) is 6.61 Å². The summed E-state index contributed by atoms with van der Waals surface area (Å²) >= 11 is 0. The van der Waals surface area contributed by atoms with Crippen LogP contribution >= 0.6 is 0 Å². The SMILES string of the molecule is CCOc1ccccc1Oc1ccc(CNC(=NC)NC2CC=CC2)cn1. The maximum absolute atomic E-state index is 5.85. The van der Waals surface area contributed by atoms with Crippen molar-refractivity contribution >= 4 is 5.96 Å². The first-order valence-corrected chi connectivity index (χ1v) is 9.25. The van der Waals surface area contributed by atoms with E-state index in [1.807, 2.05) is 43.3 Å². The van der Waals surface area contributed by atoms with Gasteiger partial charge in [-0.1, -0.05) is 30.4 Å². The Bertz CT molecular complexity index is 779. The minimum atomic E-state index is 0.426. The number of aliphatic imine (C=N–C) groups is 1.